The lowest BCUT2D eigenvalue weighted by molar-refractivity contribution is -0.135. The Morgan fingerprint density at radius 1 is 0.448 bits per heavy atom. The fraction of sp³-hybridized carbons (Fsp3) is 0.205. The van der Waals surface area contributed by atoms with Crippen molar-refractivity contribution in [2.45, 2.75) is 70.1 Å². The van der Waals surface area contributed by atoms with Crippen LogP contribution in [0, 0.1) is 34.1 Å². The number of alkyl halides is 3. The van der Waals surface area contributed by atoms with E-state index >= 15 is 4.39 Å². The molecule has 0 aliphatic heterocycles. The van der Waals surface area contributed by atoms with Crippen LogP contribution in [0.25, 0.3) is 21.8 Å². The first-order valence-corrected chi connectivity index (χ1v) is 31.2. The van der Waals surface area contributed by atoms with Crippen molar-refractivity contribution in [1.29, 1.82) is 0 Å². The molecule has 1 N–H and O–H groups in total. The fourth-order valence-corrected chi connectivity index (χ4v) is 10.9. The van der Waals surface area contributed by atoms with E-state index in [1.165, 1.54) is 87.0 Å². The summed E-state index contributed by atoms with van der Waals surface area (Å²) in [4.78, 5) is 59.6. The largest absolute Gasteiger partial charge is 0.534 e. The second kappa shape index (κ2) is 29.3. The van der Waals surface area contributed by atoms with Gasteiger partial charge in [-0.3, -0.25) is 29.1 Å². The number of hydrogen-bond acceptors (Lipinski definition) is 15. The Balaban J connectivity index is 0.000000167. The van der Waals surface area contributed by atoms with Crippen LogP contribution in [0.15, 0.2) is 194 Å². The number of ketones is 4. The zero-order chi connectivity index (χ0) is 68.4. The van der Waals surface area contributed by atoms with Gasteiger partial charge in [-0.25, -0.2) is 17.6 Å². The zero-order valence-electron chi connectivity index (χ0n) is 51.3. The van der Waals surface area contributed by atoms with Crippen molar-refractivity contribution in [3.8, 4) is 46.0 Å². The molecule has 12 rings (SSSR count). The second-order valence-corrected chi connectivity index (χ2v) is 24.2. The van der Waals surface area contributed by atoms with Crippen LogP contribution in [0.1, 0.15) is 59.1 Å². The van der Waals surface area contributed by atoms with Crippen molar-refractivity contribution < 1.29 is 91.3 Å². The molecule has 2 aliphatic rings. The maximum atomic E-state index is 15.3. The van der Waals surface area contributed by atoms with Crippen LogP contribution in [-0.2, 0) is 68.2 Å². The minimum absolute atomic E-state index is 0.0226. The van der Waals surface area contributed by atoms with Gasteiger partial charge in [0.05, 0.1) is 36.1 Å². The number of benzene rings is 8. The van der Waals surface area contributed by atoms with E-state index in [0.29, 0.717) is 88.4 Å². The number of phenols is 1. The maximum absolute atomic E-state index is 15.3. The van der Waals surface area contributed by atoms with Crippen molar-refractivity contribution in [2.24, 2.45) is 10.8 Å². The van der Waals surface area contributed by atoms with Crippen molar-refractivity contribution in [1.82, 2.24) is 9.97 Å². The number of aromatic hydroxyl groups is 1. The van der Waals surface area contributed by atoms with Gasteiger partial charge in [0.25, 0.3) is 0 Å². The third-order valence-electron chi connectivity index (χ3n) is 16.1. The van der Waals surface area contributed by atoms with Gasteiger partial charge in [0.15, 0.2) is 75.0 Å². The first kappa shape index (κ1) is 68.2. The second-order valence-electron chi connectivity index (χ2n) is 22.7. The molecule has 0 unspecified atom stereocenters. The molecule has 10 aromatic rings. The average Bonchev–Trinajstić information content (AvgIpc) is 1.54. The van der Waals surface area contributed by atoms with E-state index in [1.54, 1.807) is 42.6 Å². The predicted octanol–water partition coefficient (Wildman–Crippen LogP) is 15.0. The summed E-state index contributed by atoms with van der Waals surface area (Å²) in [6.45, 7) is 0.573. The highest BCUT2D eigenvalue weighted by atomic mass is 32.2. The van der Waals surface area contributed by atoms with E-state index in [-0.39, 0.29) is 89.5 Å². The molecule has 0 bridgehead atoms. The normalized spacial score (nSPS) is 13.4. The van der Waals surface area contributed by atoms with E-state index in [9.17, 15) is 59.0 Å². The van der Waals surface area contributed by atoms with Crippen molar-refractivity contribution >= 4 is 55.1 Å². The van der Waals surface area contributed by atoms with E-state index < -0.39 is 49.6 Å². The molecule has 96 heavy (non-hydrogen) atoms. The van der Waals surface area contributed by atoms with E-state index in [0.717, 1.165) is 29.5 Å². The van der Waals surface area contributed by atoms with Crippen molar-refractivity contribution in [3.05, 3.63) is 251 Å². The Bertz CT molecular complexity index is 4610. The number of aromatic nitrogens is 2. The third-order valence-corrected chi connectivity index (χ3v) is 17.0. The zero-order valence-corrected chi connectivity index (χ0v) is 52.2. The summed E-state index contributed by atoms with van der Waals surface area (Å²) >= 11 is 0. The van der Waals surface area contributed by atoms with E-state index in [1.807, 2.05) is 60.7 Å². The van der Waals surface area contributed by atoms with Crippen LogP contribution in [0.2, 0.25) is 0 Å². The van der Waals surface area contributed by atoms with E-state index in [4.69, 9.17) is 23.7 Å². The van der Waals surface area contributed by atoms with E-state index in [2.05, 4.69) is 14.2 Å². The fourth-order valence-electron chi connectivity index (χ4n) is 10.4. The standard InChI is InChI=1S/C36H29F2NO5.C19H16F2O3.C18H14F3NO5S/c1-42-32-20-27-29(21-33(32)43-22-24-5-3-2-4-6-24)39-16-13-30(27)44-31-12-9-25(17-28(31)38)19-35(41)36(14-15-36)34(40)18-23-7-10-26(37)11-8-23;20-14-4-1-12(2-5-14)10-17(23)19(7-8-19)18(24)11-13-3-6-16(22)15(21)9-13;1-25-16-9-13-14(10-17(16)26-11-12-5-3-2-4-6-12)22-8-7-15(13)27-28(23,24)18(19,20)21/h2-13,16-17,20-21H,14-15,18-19,22H2,1H3;1-6,9,22H,7-8,10-11H2;2-10H,11H2,1H3. The predicted molar refractivity (Wildman–Crippen MR) is 339 cm³/mol. The molecule has 0 amide bonds. The lowest BCUT2D eigenvalue weighted by atomic mass is 9.88. The number of pyridine rings is 2. The number of halogens is 7. The third kappa shape index (κ3) is 16.4. The molecule has 494 valence electrons. The summed E-state index contributed by atoms with van der Waals surface area (Å²) in [5.74, 6) is -2.22. The van der Waals surface area contributed by atoms with Gasteiger partial charge in [-0.2, -0.15) is 21.6 Å². The summed E-state index contributed by atoms with van der Waals surface area (Å²) in [7, 11) is -2.93. The SMILES string of the molecule is COc1cc2c(OS(=O)(=O)C(F)(F)F)ccnc2cc1OCc1ccccc1.COc1cc2c(Oc3ccc(CC(=O)C4(C(=O)Cc5ccc(F)cc5)CC4)cc3F)ccnc2cc1OCc1ccccc1.O=C(Cc1ccc(F)cc1)C1(C(=O)Cc2ccc(O)c(F)c2)CC1. The topological polar surface area (TPSA) is 204 Å². The maximum Gasteiger partial charge on any atom is 0.534 e. The molecule has 0 radical (unpaired) electrons. The van der Waals surface area contributed by atoms with Gasteiger partial charge in [0, 0.05) is 67.0 Å². The Morgan fingerprint density at radius 2 is 0.844 bits per heavy atom. The summed E-state index contributed by atoms with van der Waals surface area (Å²) in [5, 5.41) is 9.81. The number of phenolic OH excluding ortho intramolecular Hbond substituents is 1. The van der Waals surface area contributed by atoms with Crippen LogP contribution < -0.4 is 27.9 Å². The smallest absolute Gasteiger partial charge is 0.505 e. The quantitative estimate of drug-likeness (QED) is 0.0259. The van der Waals surface area contributed by atoms with Crippen LogP contribution in [-0.4, -0.2) is 66.4 Å². The lowest BCUT2D eigenvalue weighted by Gasteiger charge is -2.15. The first-order valence-electron chi connectivity index (χ1n) is 29.8. The number of Topliss-reactive ketones (excluding diaryl/α,β-unsaturated/α-hetero) is 4. The van der Waals surface area contributed by atoms with Gasteiger partial charge >= 0.3 is 15.6 Å². The van der Waals surface area contributed by atoms with Crippen LogP contribution in [0.3, 0.4) is 0 Å². The minimum Gasteiger partial charge on any atom is -0.505 e. The Morgan fingerprint density at radius 3 is 1.25 bits per heavy atom. The molecule has 0 saturated heterocycles. The molecule has 2 aliphatic carbocycles. The number of carbonyl (C=O) groups is 4. The van der Waals surface area contributed by atoms with Crippen LogP contribution in [0.4, 0.5) is 30.7 Å². The Hall–Kier alpha value is -10.7. The highest BCUT2D eigenvalue weighted by Crippen LogP contribution is 2.50. The van der Waals surface area contributed by atoms with Gasteiger partial charge in [-0.15, -0.1) is 0 Å². The number of hydrogen-bond donors (Lipinski definition) is 1. The van der Waals surface area contributed by atoms with Crippen molar-refractivity contribution in [2.75, 3.05) is 14.2 Å². The molecule has 2 saturated carbocycles. The molecule has 15 nitrogen and oxygen atoms in total. The molecule has 23 heteroatoms. The minimum atomic E-state index is -5.82. The summed E-state index contributed by atoms with van der Waals surface area (Å²) < 4.78 is 148. The van der Waals surface area contributed by atoms with Gasteiger partial charge in [0.2, 0.25) is 0 Å². The van der Waals surface area contributed by atoms with Gasteiger partial charge in [-0.1, -0.05) is 97.1 Å². The Labute approximate surface area is 546 Å². The highest BCUT2D eigenvalue weighted by Gasteiger charge is 2.56. The average molecular weight is 1340 g/mol. The van der Waals surface area contributed by atoms with Gasteiger partial charge < -0.3 is 33.0 Å². The molecule has 2 aromatic heterocycles. The monoisotopic (exact) mass is 1340 g/mol. The first-order chi connectivity index (χ1) is 46.0. The molecular weight excluding hydrogens is 1280 g/mol. The van der Waals surface area contributed by atoms with Crippen LogP contribution in [0.5, 0.6) is 46.0 Å². The summed E-state index contributed by atoms with van der Waals surface area (Å²) in [6, 6.07) is 47.3. The highest BCUT2D eigenvalue weighted by molar-refractivity contribution is 7.88. The van der Waals surface area contributed by atoms with Crippen molar-refractivity contribution in [3.63, 3.8) is 0 Å². The number of ether oxygens (including phenoxy) is 5. The van der Waals surface area contributed by atoms with Gasteiger partial charge in [-0.05, 0) is 126 Å². The number of rotatable bonds is 24. The Kier molecular flexibility index (Phi) is 20.8. The molecule has 0 atom stereocenters. The summed E-state index contributed by atoms with van der Waals surface area (Å²) in [5.41, 5.74) is -2.76. The number of fused-ring (bicyclic) bond motifs is 2. The molecular formula is C73H59F7N2O13S. The number of carbonyl (C=O) groups excluding carboxylic acids is 4. The molecule has 0 spiro atoms. The molecule has 2 heterocycles. The number of nitrogens with zero attached hydrogens (tertiary/aromatic N) is 2. The molecule has 2 fully saturated rings. The lowest BCUT2D eigenvalue weighted by Crippen LogP contribution is -2.28. The van der Waals surface area contributed by atoms with Gasteiger partial charge in [0.1, 0.15) is 30.6 Å². The van der Waals surface area contributed by atoms with Crippen LogP contribution >= 0.6 is 0 Å². The number of methoxy groups -OCH3 is 2. The summed E-state index contributed by atoms with van der Waals surface area (Å²) in [6.07, 6.45) is 4.62. The molecule has 8 aromatic carbocycles.